The minimum Gasteiger partial charge on any atom is -0.370 e. The smallest absolute Gasteiger partial charge is 0.126 e. The molecule has 0 amide bonds. The molecule has 1 aromatic carbocycles. The lowest BCUT2D eigenvalue weighted by Gasteiger charge is -2.07. The predicted molar refractivity (Wildman–Crippen MR) is 74.9 cm³/mol. The lowest BCUT2D eigenvalue weighted by molar-refractivity contribution is 0.627. The van der Waals surface area contributed by atoms with Crippen molar-refractivity contribution in [1.29, 1.82) is 0 Å². The summed E-state index contributed by atoms with van der Waals surface area (Å²) in [7, 11) is 0. The zero-order valence-corrected chi connectivity index (χ0v) is 10.8. The van der Waals surface area contributed by atoms with Crippen LogP contribution >= 0.6 is 0 Å². The van der Waals surface area contributed by atoms with Gasteiger partial charge in [-0.25, -0.2) is 9.37 Å². The number of aryl methyl sites for hydroxylation is 2. The number of hydrogen-bond donors (Lipinski definition) is 1. The van der Waals surface area contributed by atoms with Crippen molar-refractivity contribution in [1.82, 2.24) is 4.98 Å². The van der Waals surface area contributed by atoms with E-state index < -0.39 is 0 Å². The fraction of sp³-hybridized carbons (Fsp3) is 0.312. The van der Waals surface area contributed by atoms with E-state index in [-0.39, 0.29) is 5.82 Å². The summed E-state index contributed by atoms with van der Waals surface area (Å²) >= 11 is 0. The summed E-state index contributed by atoms with van der Waals surface area (Å²) in [5.41, 5.74) is 3.77. The molecule has 2 aromatic rings. The molecule has 0 aliphatic heterocycles. The van der Waals surface area contributed by atoms with Gasteiger partial charge in [-0.05, 0) is 55.0 Å². The highest BCUT2D eigenvalue weighted by Crippen LogP contribution is 2.21. The number of benzene rings is 1. The van der Waals surface area contributed by atoms with E-state index in [4.69, 9.17) is 0 Å². The summed E-state index contributed by atoms with van der Waals surface area (Å²) in [5.74, 6) is 0.764. The lowest BCUT2D eigenvalue weighted by Crippen LogP contribution is -2.07. The van der Waals surface area contributed by atoms with Crippen molar-refractivity contribution in [3.8, 4) is 0 Å². The second kappa shape index (κ2) is 5.39. The number of halogens is 1. The van der Waals surface area contributed by atoms with Crippen LogP contribution in [-0.4, -0.2) is 11.5 Å². The zero-order valence-electron chi connectivity index (χ0n) is 10.8. The molecule has 19 heavy (non-hydrogen) atoms. The maximum Gasteiger partial charge on any atom is 0.126 e. The Labute approximate surface area is 112 Å². The summed E-state index contributed by atoms with van der Waals surface area (Å²) in [5, 5.41) is 3.33. The molecule has 2 nitrogen and oxygen atoms in total. The van der Waals surface area contributed by atoms with Gasteiger partial charge < -0.3 is 5.32 Å². The average Bonchev–Trinajstić information content (AvgIpc) is 2.88. The first kappa shape index (κ1) is 12.2. The standard InChI is InChI=1S/C16H17FN2/c17-14-7-4-12(5-8-14)10-11-18-16-9-6-13-2-1-3-15(13)19-16/h4-9H,1-3,10-11H2,(H,18,19). The Morgan fingerprint density at radius 3 is 2.74 bits per heavy atom. The first-order valence-electron chi connectivity index (χ1n) is 6.78. The highest BCUT2D eigenvalue weighted by atomic mass is 19.1. The number of aromatic nitrogens is 1. The Hall–Kier alpha value is -1.90. The molecular formula is C16H17FN2. The molecule has 1 N–H and O–H groups in total. The molecular weight excluding hydrogens is 239 g/mol. The third-order valence-corrected chi connectivity index (χ3v) is 3.56. The van der Waals surface area contributed by atoms with Crippen molar-refractivity contribution >= 4 is 5.82 Å². The van der Waals surface area contributed by atoms with E-state index in [1.807, 2.05) is 12.1 Å². The van der Waals surface area contributed by atoms with E-state index in [1.165, 1.54) is 29.8 Å². The van der Waals surface area contributed by atoms with Crippen LogP contribution in [0, 0.1) is 5.82 Å². The van der Waals surface area contributed by atoms with Crippen LogP contribution in [0.5, 0.6) is 0 Å². The highest BCUT2D eigenvalue weighted by Gasteiger charge is 2.11. The van der Waals surface area contributed by atoms with Crippen LogP contribution in [-0.2, 0) is 19.3 Å². The summed E-state index contributed by atoms with van der Waals surface area (Å²) in [4.78, 5) is 4.63. The second-order valence-electron chi connectivity index (χ2n) is 4.96. The van der Waals surface area contributed by atoms with Crippen molar-refractivity contribution in [2.45, 2.75) is 25.7 Å². The molecule has 0 bridgehead atoms. The summed E-state index contributed by atoms with van der Waals surface area (Å²) < 4.78 is 12.8. The summed E-state index contributed by atoms with van der Waals surface area (Å²) in [6, 6.07) is 10.9. The molecule has 1 aliphatic rings. The van der Waals surface area contributed by atoms with Gasteiger partial charge in [0.25, 0.3) is 0 Å². The molecule has 0 spiro atoms. The quantitative estimate of drug-likeness (QED) is 0.907. The number of nitrogens with zero attached hydrogens (tertiary/aromatic N) is 1. The SMILES string of the molecule is Fc1ccc(CCNc2ccc3c(n2)CCC3)cc1. The van der Waals surface area contributed by atoms with E-state index in [0.29, 0.717) is 0 Å². The third-order valence-electron chi connectivity index (χ3n) is 3.56. The average molecular weight is 256 g/mol. The molecule has 1 aromatic heterocycles. The van der Waals surface area contributed by atoms with Crippen LogP contribution in [0.25, 0.3) is 0 Å². The molecule has 1 aliphatic carbocycles. The van der Waals surface area contributed by atoms with Crippen LogP contribution in [0.4, 0.5) is 10.2 Å². The molecule has 98 valence electrons. The van der Waals surface area contributed by atoms with Crippen molar-refractivity contribution < 1.29 is 4.39 Å². The summed E-state index contributed by atoms with van der Waals surface area (Å²) in [6.45, 7) is 0.817. The van der Waals surface area contributed by atoms with E-state index in [9.17, 15) is 4.39 Å². The summed E-state index contributed by atoms with van der Waals surface area (Å²) in [6.07, 6.45) is 4.36. The van der Waals surface area contributed by atoms with E-state index in [2.05, 4.69) is 22.4 Å². The predicted octanol–water partition coefficient (Wildman–Crippen LogP) is 3.36. The van der Waals surface area contributed by atoms with Crippen molar-refractivity contribution in [2.24, 2.45) is 0 Å². The van der Waals surface area contributed by atoms with Gasteiger partial charge in [-0.1, -0.05) is 18.2 Å². The van der Waals surface area contributed by atoms with Gasteiger partial charge in [-0.2, -0.15) is 0 Å². The first-order chi connectivity index (χ1) is 9.31. The van der Waals surface area contributed by atoms with Crippen molar-refractivity contribution in [3.63, 3.8) is 0 Å². The largest absolute Gasteiger partial charge is 0.370 e. The zero-order chi connectivity index (χ0) is 13.1. The number of rotatable bonds is 4. The van der Waals surface area contributed by atoms with E-state index in [1.54, 1.807) is 0 Å². The number of hydrogen-bond acceptors (Lipinski definition) is 2. The van der Waals surface area contributed by atoms with Gasteiger partial charge in [-0.3, -0.25) is 0 Å². The number of nitrogens with one attached hydrogen (secondary N) is 1. The monoisotopic (exact) mass is 256 g/mol. The fourth-order valence-corrected chi connectivity index (χ4v) is 2.50. The molecule has 0 radical (unpaired) electrons. The highest BCUT2D eigenvalue weighted by molar-refractivity contribution is 5.40. The van der Waals surface area contributed by atoms with Gasteiger partial charge in [0.1, 0.15) is 11.6 Å². The number of fused-ring (bicyclic) bond motifs is 1. The topological polar surface area (TPSA) is 24.9 Å². The van der Waals surface area contributed by atoms with Crippen LogP contribution in [0.3, 0.4) is 0 Å². The molecule has 3 rings (SSSR count). The van der Waals surface area contributed by atoms with Gasteiger partial charge in [0.05, 0.1) is 0 Å². The van der Waals surface area contributed by atoms with Crippen LogP contribution in [0.15, 0.2) is 36.4 Å². The molecule has 0 unspecified atom stereocenters. The lowest BCUT2D eigenvalue weighted by atomic mass is 10.1. The second-order valence-corrected chi connectivity index (χ2v) is 4.96. The third kappa shape index (κ3) is 2.92. The normalized spacial score (nSPS) is 13.3. The van der Waals surface area contributed by atoms with E-state index >= 15 is 0 Å². The van der Waals surface area contributed by atoms with Gasteiger partial charge >= 0.3 is 0 Å². The number of pyridine rings is 1. The maximum atomic E-state index is 12.8. The Morgan fingerprint density at radius 2 is 1.89 bits per heavy atom. The molecule has 0 saturated heterocycles. The first-order valence-corrected chi connectivity index (χ1v) is 6.78. The van der Waals surface area contributed by atoms with Gasteiger partial charge in [0, 0.05) is 12.2 Å². The molecule has 1 heterocycles. The fourth-order valence-electron chi connectivity index (χ4n) is 2.50. The van der Waals surface area contributed by atoms with E-state index in [0.717, 1.165) is 37.2 Å². The molecule has 0 atom stereocenters. The number of anilines is 1. The minimum absolute atomic E-state index is 0.183. The molecule has 0 saturated carbocycles. The minimum atomic E-state index is -0.183. The Kier molecular flexibility index (Phi) is 3.45. The maximum absolute atomic E-state index is 12.8. The van der Waals surface area contributed by atoms with Gasteiger partial charge in [-0.15, -0.1) is 0 Å². The van der Waals surface area contributed by atoms with Gasteiger partial charge in [0.2, 0.25) is 0 Å². The Balaban J connectivity index is 1.56. The van der Waals surface area contributed by atoms with Crippen molar-refractivity contribution in [3.05, 3.63) is 59.0 Å². The van der Waals surface area contributed by atoms with Crippen LogP contribution in [0.2, 0.25) is 0 Å². The Morgan fingerprint density at radius 1 is 1.05 bits per heavy atom. The van der Waals surface area contributed by atoms with Crippen molar-refractivity contribution in [2.75, 3.05) is 11.9 Å². The Bertz CT molecular complexity index is 563. The van der Waals surface area contributed by atoms with Gasteiger partial charge in [0.15, 0.2) is 0 Å². The van der Waals surface area contributed by atoms with Crippen LogP contribution in [0.1, 0.15) is 23.2 Å². The molecule has 3 heteroatoms. The molecule has 0 fully saturated rings. The van der Waals surface area contributed by atoms with Crippen LogP contribution < -0.4 is 5.32 Å².